The van der Waals surface area contributed by atoms with Gasteiger partial charge in [-0.25, -0.2) is 0 Å². The average Bonchev–Trinajstić information content (AvgIpc) is 2.69. The van der Waals surface area contributed by atoms with Gasteiger partial charge in [0.25, 0.3) is 5.91 Å². The molecule has 1 aromatic rings. The molecule has 20 heavy (non-hydrogen) atoms. The molecule has 0 bridgehead atoms. The number of nitrogens with two attached hydrogens (primary N) is 1. The van der Waals surface area contributed by atoms with Crippen molar-refractivity contribution in [1.82, 2.24) is 9.88 Å². The van der Waals surface area contributed by atoms with Crippen molar-refractivity contribution in [2.24, 2.45) is 11.7 Å². The summed E-state index contributed by atoms with van der Waals surface area (Å²) in [7, 11) is 0. The van der Waals surface area contributed by atoms with Gasteiger partial charge in [0.05, 0.1) is 17.7 Å². The quantitative estimate of drug-likeness (QED) is 0.790. The summed E-state index contributed by atoms with van der Waals surface area (Å²) in [5.74, 6) is 6.48. The predicted molar refractivity (Wildman–Crippen MR) is 79.1 cm³/mol. The molecule has 0 aromatic carbocycles. The number of likely N-dealkylation sites (tertiary alicyclic amines) is 1. The van der Waals surface area contributed by atoms with E-state index in [0.717, 1.165) is 25.9 Å². The largest absolute Gasteiger partial charge is 0.339 e. The van der Waals surface area contributed by atoms with Gasteiger partial charge in [-0.15, -0.1) is 0 Å². The number of amides is 1. The van der Waals surface area contributed by atoms with E-state index in [1.165, 1.54) is 6.42 Å². The molecule has 1 aromatic heterocycles. The molecule has 2 heterocycles. The van der Waals surface area contributed by atoms with E-state index in [0.29, 0.717) is 17.0 Å². The fourth-order valence-corrected chi connectivity index (χ4v) is 2.46. The lowest BCUT2D eigenvalue weighted by atomic mass is 10.0. The Bertz CT molecular complexity index is 530. The fourth-order valence-electron chi connectivity index (χ4n) is 2.46. The highest BCUT2D eigenvalue weighted by molar-refractivity contribution is 5.96. The summed E-state index contributed by atoms with van der Waals surface area (Å²) in [5.41, 5.74) is 6.69. The Morgan fingerprint density at radius 3 is 3.15 bits per heavy atom. The van der Waals surface area contributed by atoms with E-state index in [1.807, 2.05) is 4.90 Å². The van der Waals surface area contributed by atoms with Crippen LogP contribution in [0.15, 0.2) is 18.5 Å². The van der Waals surface area contributed by atoms with Crippen LogP contribution in [0.1, 0.15) is 42.1 Å². The van der Waals surface area contributed by atoms with Crippen molar-refractivity contribution in [3.8, 4) is 11.8 Å². The SMILES string of the molecule is CC1CCCN(C(=O)c2ccncc2C#CCN)CC1. The summed E-state index contributed by atoms with van der Waals surface area (Å²) in [6.07, 6.45) is 6.61. The number of carbonyl (C=O) groups excluding carboxylic acids is 1. The molecule has 1 aliphatic heterocycles. The van der Waals surface area contributed by atoms with Crippen molar-refractivity contribution in [2.75, 3.05) is 19.6 Å². The number of hydrogen-bond donors (Lipinski definition) is 1. The first kappa shape index (κ1) is 14.5. The number of pyridine rings is 1. The van der Waals surface area contributed by atoms with Crippen LogP contribution in [0.4, 0.5) is 0 Å². The van der Waals surface area contributed by atoms with Gasteiger partial charge in [-0.3, -0.25) is 9.78 Å². The van der Waals surface area contributed by atoms with Crippen molar-refractivity contribution in [2.45, 2.75) is 26.2 Å². The van der Waals surface area contributed by atoms with E-state index >= 15 is 0 Å². The van der Waals surface area contributed by atoms with Crippen LogP contribution >= 0.6 is 0 Å². The maximum Gasteiger partial charge on any atom is 0.255 e. The molecule has 0 aliphatic carbocycles. The first-order valence-corrected chi connectivity index (χ1v) is 7.14. The number of rotatable bonds is 1. The normalized spacial score (nSPS) is 18.9. The molecule has 1 aliphatic rings. The third kappa shape index (κ3) is 3.58. The third-order valence-electron chi connectivity index (χ3n) is 3.68. The maximum atomic E-state index is 12.6. The molecule has 4 nitrogen and oxygen atoms in total. The minimum absolute atomic E-state index is 0.0582. The summed E-state index contributed by atoms with van der Waals surface area (Å²) in [6, 6.07) is 1.75. The van der Waals surface area contributed by atoms with Gasteiger partial charge < -0.3 is 10.6 Å². The molecule has 1 atom stereocenters. The second kappa shape index (κ2) is 7.06. The van der Waals surface area contributed by atoms with Crippen LogP contribution < -0.4 is 5.73 Å². The van der Waals surface area contributed by atoms with Crippen LogP contribution in [-0.2, 0) is 0 Å². The number of aromatic nitrogens is 1. The lowest BCUT2D eigenvalue weighted by Crippen LogP contribution is -2.32. The Morgan fingerprint density at radius 2 is 2.35 bits per heavy atom. The zero-order chi connectivity index (χ0) is 14.4. The average molecular weight is 271 g/mol. The topological polar surface area (TPSA) is 59.2 Å². The molecule has 106 valence electrons. The van der Waals surface area contributed by atoms with Gasteiger partial charge in [-0.1, -0.05) is 18.8 Å². The highest BCUT2D eigenvalue weighted by Gasteiger charge is 2.21. The smallest absolute Gasteiger partial charge is 0.255 e. The summed E-state index contributed by atoms with van der Waals surface area (Å²) in [6.45, 7) is 4.18. The third-order valence-corrected chi connectivity index (χ3v) is 3.68. The van der Waals surface area contributed by atoms with Crippen LogP contribution in [-0.4, -0.2) is 35.4 Å². The monoisotopic (exact) mass is 271 g/mol. The van der Waals surface area contributed by atoms with Crippen molar-refractivity contribution >= 4 is 5.91 Å². The van der Waals surface area contributed by atoms with Gasteiger partial charge in [0.15, 0.2) is 0 Å². The molecule has 0 spiro atoms. The lowest BCUT2D eigenvalue weighted by Gasteiger charge is -2.21. The highest BCUT2D eigenvalue weighted by Crippen LogP contribution is 2.19. The zero-order valence-electron chi connectivity index (χ0n) is 11.9. The second-order valence-corrected chi connectivity index (χ2v) is 5.26. The minimum Gasteiger partial charge on any atom is -0.339 e. The van der Waals surface area contributed by atoms with Gasteiger partial charge >= 0.3 is 0 Å². The Labute approximate surface area is 120 Å². The number of hydrogen-bond acceptors (Lipinski definition) is 3. The van der Waals surface area contributed by atoms with Crippen LogP contribution in [0.5, 0.6) is 0 Å². The molecular weight excluding hydrogens is 250 g/mol. The van der Waals surface area contributed by atoms with E-state index in [1.54, 1.807) is 18.5 Å². The minimum atomic E-state index is 0.0582. The molecule has 1 fully saturated rings. The molecule has 2 N–H and O–H groups in total. The highest BCUT2D eigenvalue weighted by atomic mass is 16.2. The summed E-state index contributed by atoms with van der Waals surface area (Å²) < 4.78 is 0. The van der Waals surface area contributed by atoms with Gasteiger partial charge in [-0.05, 0) is 31.2 Å². The molecule has 4 heteroatoms. The molecular formula is C16H21N3O. The maximum absolute atomic E-state index is 12.6. The Kier molecular flexibility index (Phi) is 5.14. The second-order valence-electron chi connectivity index (χ2n) is 5.26. The molecule has 1 unspecified atom stereocenters. The molecule has 2 rings (SSSR count). The van der Waals surface area contributed by atoms with Gasteiger partial charge in [0.1, 0.15) is 0 Å². The zero-order valence-corrected chi connectivity index (χ0v) is 11.9. The molecule has 0 radical (unpaired) electrons. The molecule has 1 amide bonds. The van der Waals surface area contributed by atoms with Crippen molar-refractivity contribution in [1.29, 1.82) is 0 Å². The predicted octanol–water partition coefficient (Wildman–Crippen LogP) is 1.65. The molecule has 0 saturated carbocycles. The number of nitrogens with zero attached hydrogens (tertiary/aromatic N) is 2. The van der Waals surface area contributed by atoms with Crippen LogP contribution in [0.2, 0.25) is 0 Å². The Hall–Kier alpha value is -1.86. The lowest BCUT2D eigenvalue weighted by molar-refractivity contribution is 0.0760. The van der Waals surface area contributed by atoms with E-state index < -0.39 is 0 Å². The standard InChI is InChI=1S/C16H21N3O/c1-13-4-3-10-19(11-7-13)16(20)15-6-9-18-12-14(15)5-2-8-17/h6,9,12-13H,3-4,7-8,10-11,17H2,1H3. The van der Waals surface area contributed by atoms with Gasteiger partial charge in [0, 0.05) is 25.5 Å². The summed E-state index contributed by atoms with van der Waals surface area (Å²) in [4.78, 5) is 18.6. The number of carbonyl (C=O) groups is 1. The van der Waals surface area contributed by atoms with Crippen molar-refractivity contribution in [3.63, 3.8) is 0 Å². The van der Waals surface area contributed by atoms with E-state index in [4.69, 9.17) is 5.73 Å². The van der Waals surface area contributed by atoms with E-state index in [-0.39, 0.29) is 12.5 Å². The van der Waals surface area contributed by atoms with Gasteiger partial charge in [-0.2, -0.15) is 0 Å². The van der Waals surface area contributed by atoms with Gasteiger partial charge in [0.2, 0.25) is 0 Å². The Morgan fingerprint density at radius 1 is 1.50 bits per heavy atom. The summed E-state index contributed by atoms with van der Waals surface area (Å²) in [5, 5.41) is 0. The van der Waals surface area contributed by atoms with Crippen LogP contribution in [0.3, 0.4) is 0 Å². The van der Waals surface area contributed by atoms with E-state index in [2.05, 4.69) is 23.7 Å². The Balaban J connectivity index is 2.20. The van der Waals surface area contributed by atoms with Crippen molar-refractivity contribution in [3.05, 3.63) is 29.6 Å². The van der Waals surface area contributed by atoms with Crippen molar-refractivity contribution < 1.29 is 4.79 Å². The van der Waals surface area contributed by atoms with E-state index in [9.17, 15) is 4.79 Å². The van der Waals surface area contributed by atoms with Crippen LogP contribution in [0, 0.1) is 17.8 Å². The van der Waals surface area contributed by atoms with Crippen LogP contribution in [0.25, 0.3) is 0 Å². The first-order valence-electron chi connectivity index (χ1n) is 7.14. The fraction of sp³-hybridized carbons (Fsp3) is 0.500. The molecule has 1 saturated heterocycles. The first-order chi connectivity index (χ1) is 9.72. The summed E-state index contributed by atoms with van der Waals surface area (Å²) >= 11 is 0.